The molecular formula is C41H73N3O13Si. The highest BCUT2D eigenvalue weighted by Gasteiger charge is 2.45. The summed E-state index contributed by atoms with van der Waals surface area (Å²) in [7, 11) is -0.602. The fourth-order valence-corrected chi connectivity index (χ4v) is 11.7. The van der Waals surface area contributed by atoms with Crippen LogP contribution in [0, 0.1) is 0 Å². The Hall–Kier alpha value is -2.97. The van der Waals surface area contributed by atoms with E-state index >= 15 is 0 Å². The van der Waals surface area contributed by atoms with Gasteiger partial charge in [-0.25, -0.2) is 4.79 Å². The Bertz CT molecular complexity index is 1250. The van der Waals surface area contributed by atoms with Crippen molar-refractivity contribution in [2.24, 2.45) is 0 Å². The lowest BCUT2D eigenvalue weighted by Crippen LogP contribution is -2.47. The first-order valence-corrected chi connectivity index (χ1v) is 22.5. The van der Waals surface area contributed by atoms with Gasteiger partial charge < -0.3 is 63.0 Å². The summed E-state index contributed by atoms with van der Waals surface area (Å²) in [6, 6.07) is 4.25. The Kier molecular flexibility index (Phi) is 30.0. The van der Waals surface area contributed by atoms with E-state index in [1.54, 1.807) is 25.3 Å². The summed E-state index contributed by atoms with van der Waals surface area (Å²) in [5.41, 5.74) is 2.57. The highest BCUT2D eigenvalue weighted by Crippen LogP contribution is 2.43. The predicted octanol–water partition coefficient (Wildman–Crippen LogP) is 5.11. The number of amides is 3. The number of rotatable bonds is 36. The normalized spacial score (nSPS) is 12.3. The van der Waals surface area contributed by atoms with Crippen LogP contribution in [0.25, 0.3) is 0 Å². The SMILES string of the molecule is C=CCOC(=O)N[C@@H](C)C(=O)Nc1ccc(CO[Si](C(C)C)(C(C)C)C(C)C)c(C(=O)NCCOCCOCCOCCOCCOCCOCCOCCOC)c1. The Morgan fingerprint density at radius 3 is 1.55 bits per heavy atom. The zero-order valence-corrected chi connectivity index (χ0v) is 37.4. The molecule has 0 radical (unpaired) electrons. The zero-order valence-electron chi connectivity index (χ0n) is 36.4. The van der Waals surface area contributed by atoms with Crippen molar-refractivity contribution in [3.8, 4) is 0 Å². The van der Waals surface area contributed by atoms with Crippen LogP contribution >= 0.6 is 0 Å². The van der Waals surface area contributed by atoms with Crippen molar-refractivity contribution in [3.63, 3.8) is 0 Å². The third-order valence-electron chi connectivity index (χ3n) is 9.06. The lowest BCUT2D eigenvalue weighted by atomic mass is 10.1. The Morgan fingerprint density at radius 1 is 0.672 bits per heavy atom. The molecule has 1 rings (SSSR count). The quantitative estimate of drug-likeness (QED) is 0.0462. The van der Waals surface area contributed by atoms with Gasteiger partial charge in [0.2, 0.25) is 14.2 Å². The highest BCUT2D eigenvalue weighted by atomic mass is 28.4. The minimum atomic E-state index is -2.24. The predicted molar refractivity (Wildman–Crippen MR) is 225 cm³/mol. The molecule has 0 aliphatic heterocycles. The Balaban J connectivity index is 2.46. The Labute approximate surface area is 347 Å². The van der Waals surface area contributed by atoms with Crippen molar-refractivity contribution in [1.82, 2.24) is 10.6 Å². The number of benzene rings is 1. The average Bonchev–Trinajstić information content (AvgIpc) is 3.18. The van der Waals surface area contributed by atoms with Crippen LogP contribution in [0.3, 0.4) is 0 Å². The summed E-state index contributed by atoms with van der Waals surface area (Å²) in [6.45, 7) is 25.8. The van der Waals surface area contributed by atoms with Crippen molar-refractivity contribution in [2.75, 3.05) is 125 Å². The van der Waals surface area contributed by atoms with Gasteiger partial charge in [0.25, 0.3) is 5.91 Å². The van der Waals surface area contributed by atoms with Gasteiger partial charge >= 0.3 is 6.09 Å². The van der Waals surface area contributed by atoms with Gasteiger partial charge in [0, 0.05) is 24.9 Å². The van der Waals surface area contributed by atoms with Crippen LogP contribution in [0.5, 0.6) is 0 Å². The molecule has 0 bridgehead atoms. The molecule has 1 aromatic carbocycles. The maximum absolute atomic E-state index is 13.6. The largest absolute Gasteiger partial charge is 0.445 e. The topological polar surface area (TPSA) is 180 Å². The summed E-state index contributed by atoms with van der Waals surface area (Å²) in [5.74, 6) is -0.797. The molecule has 1 aromatic rings. The summed E-state index contributed by atoms with van der Waals surface area (Å²) < 4.78 is 55.1. The summed E-state index contributed by atoms with van der Waals surface area (Å²) in [4.78, 5) is 38.4. The van der Waals surface area contributed by atoms with Crippen molar-refractivity contribution in [2.45, 2.75) is 77.7 Å². The van der Waals surface area contributed by atoms with E-state index in [2.05, 4.69) is 64.1 Å². The van der Waals surface area contributed by atoms with Gasteiger partial charge in [0.1, 0.15) is 12.6 Å². The molecule has 334 valence electrons. The third-order valence-corrected chi connectivity index (χ3v) is 15.1. The monoisotopic (exact) mass is 843 g/mol. The molecule has 1 atom stereocenters. The van der Waals surface area contributed by atoms with Crippen molar-refractivity contribution in [3.05, 3.63) is 42.0 Å². The van der Waals surface area contributed by atoms with Gasteiger partial charge in [0.05, 0.1) is 106 Å². The number of nitrogens with one attached hydrogen (secondary N) is 3. The van der Waals surface area contributed by atoms with Crippen molar-refractivity contribution < 1.29 is 61.4 Å². The van der Waals surface area contributed by atoms with Gasteiger partial charge in [-0.05, 0) is 41.2 Å². The average molecular weight is 844 g/mol. The van der Waals surface area contributed by atoms with Crippen LogP contribution < -0.4 is 16.0 Å². The highest BCUT2D eigenvalue weighted by molar-refractivity contribution is 6.77. The van der Waals surface area contributed by atoms with Gasteiger partial charge in [-0.15, -0.1) is 0 Å². The standard InChI is InChI=1S/C41H73N3O13Si/c1-10-14-56-41(47)43-35(8)39(45)44-37-12-11-36(31-57-58(32(2)3,33(4)5)34(6)7)38(30-37)40(46)42-13-15-49-18-19-51-22-23-53-26-27-55-29-28-54-25-24-52-21-20-50-17-16-48-9/h10-12,30,32-35H,1,13-29,31H2,2-9H3,(H,42,46)(H,43,47)(H,44,45)/t35-/m0/s1. The lowest BCUT2D eigenvalue weighted by Gasteiger charge is -2.42. The number of methoxy groups -OCH3 is 1. The fourth-order valence-electron chi connectivity index (χ4n) is 6.26. The maximum Gasteiger partial charge on any atom is 0.408 e. The molecule has 3 N–H and O–H groups in total. The van der Waals surface area contributed by atoms with Crippen LogP contribution in [0.4, 0.5) is 10.5 Å². The van der Waals surface area contributed by atoms with E-state index in [0.29, 0.717) is 126 Å². The zero-order chi connectivity index (χ0) is 43.0. The second kappa shape index (κ2) is 32.8. The molecule has 0 saturated carbocycles. The van der Waals surface area contributed by atoms with Crippen LogP contribution in [0.2, 0.25) is 16.6 Å². The van der Waals surface area contributed by atoms with Crippen molar-refractivity contribution in [1.29, 1.82) is 0 Å². The molecule has 0 aliphatic carbocycles. The number of hydrogen-bond acceptors (Lipinski definition) is 13. The first-order valence-electron chi connectivity index (χ1n) is 20.3. The van der Waals surface area contributed by atoms with Crippen LogP contribution in [-0.4, -0.2) is 152 Å². The minimum absolute atomic E-state index is 0.0205. The molecule has 0 unspecified atom stereocenters. The summed E-state index contributed by atoms with van der Waals surface area (Å²) >= 11 is 0. The number of alkyl carbamates (subject to hydrolysis) is 1. The number of carbonyl (C=O) groups excluding carboxylic acids is 3. The van der Waals surface area contributed by atoms with E-state index in [1.165, 1.54) is 13.0 Å². The number of carbonyl (C=O) groups is 3. The van der Waals surface area contributed by atoms with Gasteiger partial charge in [-0.1, -0.05) is 60.3 Å². The maximum atomic E-state index is 13.6. The second-order valence-electron chi connectivity index (χ2n) is 14.3. The Morgan fingerprint density at radius 2 is 1.12 bits per heavy atom. The van der Waals surface area contributed by atoms with E-state index in [-0.39, 0.29) is 32.3 Å². The molecule has 0 fully saturated rings. The fraction of sp³-hybridized carbons (Fsp3) is 0.732. The molecule has 0 aromatic heterocycles. The van der Waals surface area contributed by atoms with E-state index in [0.717, 1.165) is 0 Å². The third kappa shape index (κ3) is 22.4. The molecule has 0 spiro atoms. The smallest absolute Gasteiger partial charge is 0.408 e. The van der Waals surface area contributed by atoms with Gasteiger partial charge in [-0.3, -0.25) is 9.59 Å². The lowest BCUT2D eigenvalue weighted by molar-refractivity contribution is -0.117. The first-order chi connectivity index (χ1) is 27.9. The number of ether oxygens (including phenoxy) is 9. The molecular weight excluding hydrogens is 771 g/mol. The molecule has 58 heavy (non-hydrogen) atoms. The van der Waals surface area contributed by atoms with Gasteiger partial charge in [0.15, 0.2) is 0 Å². The second-order valence-corrected chi connectivity index (χ2v) is 19.7. The molecule has 0 saturated heterocycles. The van der Waals surface area contributed by atoms with E-state index < -0.39 is 26.4 Å². The first kappa shape index (κ1) is 53.0. The number of anilines is 1. The molecule has 0 heterocycles. The molecule has 3 amide bonds. The van der Waals surface area contributed by atoms with Crippen LogP contribution in [0.15, 0.2) is 30.9 Å². The van der Waals surface area contributed by atoms with E-state index in [4.69, 9.17) is 47.1 Å². The summed E-state index contributed by atoms with van der Waals surface area (Å²) in [6.07, 6.45) is 0.693. The minimum Gasteiger partial charge on any atom is -0.445 e. The summed E-state index contributed by atoms with van der Waals surface area (Å²) in [5, 5.41) is 8.18. The van der Waals surface area contributed by atoms with E-state index in [9.17, 15) is 14.4 Å². The van der Waals surface area contributed by atoms with E-state index in [1.807, 2.05) is 0 Å². The molecule has 17 heteroatoms. The molecule has 16 nitrogen and oxygen atoms in total. The molecule has 0 aliphatic rings. The van der Waals surface area contributed by atoms with Crippen LogP contribution in [0.1, 0.15) is 64.4 Å². The van der Waals surface area contributed by atoms with Crippen molar-refractivity contribution >= 4 is 31.9 Å². The number of hydrogen-bond donors (Lipinski definition) is 3. The van der Waals surface area contributed by atoms with Gasteiger partial charge in [-0.2, -0.15) is 0 Å². The van der Waals surface area contributed by atoms with Crippen LogP contribution in [-0.2, 0) is 58.5 Å².